The predicted octanol–water partition coefficient (Wildman–Crippen LogP) is 5.36. The van der Waals surface area contributed by atoms with E-state index in [2.05, 4.69) is 55.1 Å². The Labute approximate surface area is 180 Å². The van der Waals surface area contributed by atoms with E-state index in [4.69, 9.17) is 9.72 Å². The fourth-order valence-electron chi connectivity index (χ4n) is 5.43. The van der Waals surface area contributed by atoms with Crippen molar-refractivity contribution in [1.82, 2.24) is 4.98 Å². The second kappa shape index (κ2) is 7.72. The number of carbonyl (C=O) groups excluding carboxylic acids is 1. The zero-order valence-corrected chi connectivity index (χ0v) is 19.0. The summed E-state index contributed by atoms with van der Waals surface area (Å²) in [7, 11) is 0. The highest BCUT2D eigenvalue weighted by Gasteiger charge is 2.48. The van der Waals surface area contributed by atoms with Crippen molar-refractivity contribution in [2.45, 2.75) is 71.8 Å². The largest absolute Gasteiger partial charge is 0.460 e. The molecule has 1 aromatic carbocycles. The molecule has 0 N–H and O–H groups in total. The van der Waals surface area contributed by atoms with Gasteiger partial charge in [-0.05, 0) is 88.1 Å². The molecule has 2 heterocycles. The van der Waals surface area contributed by atoms with E-state index in [9.17, 15) is 4.79 Å². The number of nitrogens with zero attached hydrogens (tertiary/aromatic N) is 2. The summed E-state index contributed by atoms with van der Waals surface area (Å²) in [5, 5.41) is 0. The lowest BCUT2D eigenvalue weighted by atomic mass is 9.68. The molecule has 1 aliphatic carbocycles. The summed E-state index contributed by atoms with van der Waals surface area (Å²) in [6, 6.07) is 13.0. The minimum Gasteiger partial charge on any atom is -0.460 e. The first kappa shape index (κ1) is 20.9. The van der Waals surface area contributed by atoms with Crippen LogP contribution in [0.2, 0.25) is 0 Å². The van der Waals surface area contributed by atoms with Crippen LogP contribution in [-0.2, 0) is 16.0 Å². The number of rotatable bonds is 3. The number of aryl methyl sites for hydroxylation is 2. The molecule has 4 heteroatoms. The molecule has 0 amide bonds. The highest BCUT2D eigenvalue weighted by Crippen LogP contribution is 2.55. The van der Waals surface area contributed by atoms with Crippen molar-refractivity contribution >= 4 is 11.8 Å². The molecule has 4 nitrogen and oxygen atoms in total. The molecule has 0 radical (unpaired) electrons. The first-order chi connectivity index (χ1) is 14.2. The fraction of sp³-hybridized carbons (Fsp3) is 0.538. The van der Waals surface area contributed by atoms with Crippen LogP contribution in [0.3, 0.4) is 0 Å². The molecule has 1 spiro atoms. The first-order valence-corrected chi connectivity index (χ1v) is 11.2. The molecule has 1 saturated heterocycles. The molecule has 2 aliphatic rings. The Morgan fingerprint density at radius 1 is 1.17 bits per heavy atom. The van der Waals surface area contributed by atoms with Gasteiger partial charge in [0.15, 0.2) is 0 Å². The summed E-state index contributed by atoms with van der Waals surface area (Å²) in [6.07, 6.45) is 3.68. The van der Waals surface area contributed by atoms with Crippen LogP contribution in [0.5, 0.6) is 0 Å². The van der Waals surface area contributed by atoms with Gasteiger partial charge in [-0.25, -0.2) is 4.98 Å². The van der Waals surface area contributed by atoms with Gasteiger partial charge in [0.1, 0.15) is 11.4 Å². The van der Waals surface area contributed by atoms with Crippen LogP contribution < -0.4 is 4.90 Å². The Hall–Kier alpha value is -2.36. The summed E-state index contributed by atoms with van der Waals surface area (Å²) in [4.78, 5) is 20.0. The van der Waals surface area contributed by atoms with Gasteiger partial charge >= 0.3 is 5.97 Å². The van der Waals surface area contributed by atoms with Crippen molar-refractivity contribution < 1.29 is 9.53 Å². The van der Waals surface area contributed by atoms with Gasteiger partial charge in [-0.15, -0.1) is 0 Å². The van der Waals surface area contributed by atoms with Crippen molar-refractivity contribution in [1.29, 1.82) is 0 Å². The normalized spacial score (nSPS) is 20.3. The summed E-state index contributed by atoms with van der Waals surface area (Å²) >= 11 is 0. The summed E-state index contributed by atoms with van der Waals surface area (Å²) in [5.41, 5.74) is 4.77. The Morgan fingerprint density at radius 2 is 1.87 bits per heavy atom. The molecule has 4 rings (SSSR count). The van der Waals surface area contributed by atoms with E-state index in [1.54, 1.807) is 0 Å². The Bertz CT molecular complexity index is 916. The zero-order chi connectivity index (χ0) is 21.5. The average Bonchev–Trinajstić information content (AvgIpc) is 2.93. The fourth-order valence-corrected chi connectivity index (χ4v) is 5.43. The predicted molar refractivity (Wildman–Crippen MR) is 121 cm³/mol. The number of ether oxygens (including phenoxy) is 1. The van der Waals surface area contributed by atoms with Gasteiger partial charge in [-0.3, -0.25) is 4.79 Å². The standard InChI is InChI=1S/C26H34N2O2/c1-18-14-19(2)27-23(15-18)28-12-10-26(11-13-28)17-20-8-6-7-9-21(20)22(26)16-24(29)30-25(3,4)5/h6-9,14-15,22H,10-13,16-17H2,1-5H3/t22-/m1/s1. The third-order valence-corrected chi connectivity index (χ3v) is 6.67. The number of hydrogen-bond acceptors (Lipinski definition) is 4. The van der Waals surface area contributed by atoms with Gasteiger partial charge < -0.3 is 9.64 Å². The molecule has 2 aromatic rings. The van der Waals surface area contributed by atoms with Crippen LogP contribution in [0.15, 0.2) is 36.4 Å². The maximum atomic E-state index is 12.8. The van der Waals surface area contributed by atoms with E-state index in [1.807, 2.05) is 20.8 Å². The van der Waals surface area contributed by atoms with Crippen molar-refractivity contribution in [3.63, 3.8) is 0 Å². The smallest absolute Gasteiger partial charge is 0.306 e. The molecular formula is C26H34N2O2. The van der Waals surface area contributed by atoms with Crippen LogP contribution in [0.4, 0.5) is 5.82 Å². The van der Waals surface area contributed by atoms with Gasteiger partial charge in [0, 0.05) is 24.7 Å². The number of pyridine rings is 1. The van der Waals surface area contributed by atoms with Crippen molar-refractivity contribution in [2.24, 2.45) is 5.41 Å². The molecule has 0 saturated carbocycles. The third kappa shape index (κ3) is 4.23. The maximum absolute atomic E-state index is 12.8. The Kier molecular flexibility index (Phi) is 5.37. The van der Waals surface area contributed by atoms with E-state index in [0.717, 1.165) is 43.9 Å². The van der Waals surface area contributed by atoms with Gasteiger partial charge in [0.25, 0.3) is 0 Å². The van der Waals surface area contributed by atoms with E-state index < -0.39 is 5.60 Å². The second-order valence-electron chi connectivity index (χ2n) is 10.2. The number of anilines is 1. The number of carbonyl (C=O) groups is 1. The van der Waals surface area contributed by atoms with Crippen LogP contribution in [-0.4, -0.2) is 29.6 Å². The summed E-state index contributed by atoms with van der Waals surface area (Å²) in [5.74, 6) is 1.24. The van der Waals surface area contributed by atoms with Crippen molar-refractivity contribution in [2.75, 3.05) is 18.0 Å². The lowest BCUT2D eigenvalue weighted by Gasteiger charge is -2.44. The maximum Gasteiger partial charge on any atom is 0.306 e. The van der Waals surface area contributed by atoms with Gasteiger partial charge in [0.05, 0.1) is 6.42 Å². The highest BCUT2D eigenvalue weighted by molar-refractivity contribution is 5.72. The van der Waals surface area contributed by atoms with Crippen molar-refractivity contribution in [3.8, 4) is 0 Å². The summed E-state index contributed by atoms with van der Waals surface area (Å²) in [6.45, 7) is 12.0. The van der Waals surface area contributed by atoms with Crippen LogP contribution in [0.25, 0.3) is 0 Å². The van der Waals surface area contributed by atoms with E-state index >= 15 is 0 Å². The quantitative estimate of drug-likeness (QED) is 0.644. The van der Waals surface area contributed by atoms with Crippen LogP contribution in [0.1, 0.15) is 68.3 Å². The van der Waals surface area contributed by atoms with Crippen LogP contribution >= 0.6 is 0 Å². The molecule has 160 valence electrons. The molecule has 30 heavy (non-hydrogen) atoms. The average molecular weight is 407 g/mol. The highest BCUT2D eigenvalue weighted by atomic mass is 16.6. The van der Waals surface area contributed by atoms with E-state index in [0.29, 0.717) is 6.42 Å². The second-order valence-corrected chi connectivity index (χ2v) is 10.2. The summed E-state index contributed by atoms with van der Waals surface area (Å²) < 4.78 is 5.71. The number of aromatic nitrogens is 1. The molecule has 1 fully saturated rings. The first-order valence-electron chi connectivity index (χ1n) is 11.2. The molecule has 0 unspecified atom stereocenters. The van der Waals surface area contributed by atoms with E-state index in [-0.39, 0.29) is 17.3 Å². The number of piperidine rings is 1. The monoisotopic (exact) mass is 406 g/mol. The van der Waals surface area contributed by atoms with E-state index in [1.165, 1.54) is 16.7 Å². The number of benzene rings is 1. The Balaban J connectivity index is 1.55. The minimum absolute atomic E-state index is 0.0815. The van der Waals surface area contributed by atoms with Gasteiger partial charge in [0.2, 0.25) is 0 Å². The number of fused-ring (bicyclic) bond motifs is 1. The third-order valence-electron chi connectivity index (χ3n) is 6.67. The van der Waals surface area contributed by atoms with Crippen molar-refractivity contribution in [3.05, 3.63) is 58.8 Å². The van der Waals surface area contributed by atoms with Gasteiger partial charge in [-0.1, -0.05) is 24.3 Å². The zero-order valence-electron chi connectivity index (χ0n) is 19.0. The number of esters is 1. The molecule has 1 aromatic heterocycles. The molecule has 1 aliphatic heterocycles. The van der Waals surface area contributed by atoms with Crippen LogP contribution in [0, 0.1) is 19.3 Å². The lowest BCUT2D eigenvalue weighted by molar-refractivity contribution is -0.156. The topological polar surface area (TPSA) is 42.4 Å². The number of hydrogen-bond donors (Lipinski definition) is 0. The Morgan fingerprint density at radius 3 is 2.53 bits per heavy atom. The molecule has 0 bridgehead atoms. The van der Waals surface area contributed by atoms with Gasteiger partial charge in [-0.2, -0.15) is 0 Å². The lowest BCUT2D eigenvalue weighted by Crippen LogP contribution is -2.43. The SMILES string of the molecule is Cc1cc(C)nc(N2CCC3(CC2)Cc2ccccc2[C@H]3CC(=O)OC(C)(C)C)c1. The molecular weight excluding hydrogens is 372 g/mol. The molecule has 1 atom stereocenters. The minimum atomic E-state index is -0.444.